The summed E-state index contributed by atoms with van der Waals surface area (Å²) in [6.45, 7) is 3.72. The van der Waals surface area contributed by atoms with E-state index < -0.39 is 16.0 Å². The summed E-state index contributed by atoms with van der Waals surface area (Å²) < 4.78 is 31.6. The molecule has 0 spiro atoms. The quantitative estimate of drug-likeness (QED) is 0.836. The molecular weight excluding hydrogens is 294 g/mol. The number of rotatable bonds is 4. The van der Waals surface area contributed by atoms with Crippen molar-refractivity contribution in [3.63, 3.8) is 0 Å². The average molecular weight is 309 g/mol. The van der Waals surface area contributed by atoms with E-state index in [1.807, 2.05) is 19.9 Å². The molecule has 0 radical (unpaired) electrons. The minimum Gasteiger partial charge on any atom is -0.465 e. The second kappa shape index (κ2) is 5.57. The molecule has 112 valence electrons. The number of H-pyrrole nitrogens is 1. The number of carbonyl (C=O) groups is 1. The van der Waals surface area contributed by atoms with E-state index >= 15 is 0 Å². The number of aryl methyl sites for hydroxylation is 2. The van der Waals surface area contributed by atoms with Crippen molar-refractivity contribution in [2.75, 3.05) is 11.8 Å². The molecule has 2 aromatic rings. The second-order valence-electron chi connectivity index (χ2n) is 4.59. The van der Waals surface area contributed by atoms with Crippen LogP contribution < -0.4 is 4.72 Å². The van der Waals surface area contributed by atoms with Crippen LogP contribution in [0.2, 0.25) is 0 Å². The summed E-state index contributed by atoms with van der Waals surface area (Å²) in [7, 11) is -2.79. The Morgan fingerprint density at radius 2 is 1.86 bits per heavy atom. The van der Waals surface area contributed by atoms with Gasteiger partial charge in [0.2, 0.25) is 0 Å². The van der Waals surface area contributed by atoms with Crippen LogP contribution in [0.1, 0.15) is 21.5 Å². The minimum atomic E-state index is -3.96. The standard InChI is InChI=1S/C13H15N3O4S/c1-8-4-9(2)6-10(5-8)16-21(18,19)12-11(7-14-15-12)13(17)20-3/h4-7,16H,1-3H3,(H,14,15). The fourth-order valence-corrected chi connectivity index (χ4v) is 3.10. The first-order valence-electron chi connectivity index (χ1n) is 6.06. The van der Waals surface area contributed by atoms with Gasteiger partial charge in [-0.15, -0.1) is 0 Å². The lowest BCUT2D eigenvalue weighted by Gasteiger charge is -2.09. The zero-order valence-electron chi connectivity index (χ0n) is 11.8. The number of ether oxygens (including phenoxy) is 1. The Kier molecular flexibility index (Phi) is 3.99. The van der Waals surface area contributed by atoms with Crippen molar-refractivity contribution in [1.82, 2.24) is 10.2 Å². The van der Waals surface area contributed by atoms with Crippen LogP contribution in [0.4, 0.5) is 5.69 Å². The van der Waals surface area contributed by atoms with Gasteiger partial charge in [0.25, 0.3) is 10.0 Å². The maximum absolute atomic E-state index is 12.3. The Balaban J connectivity index is 2.39. The van der Waals surface area contributed by atoms with Crippen LogP contribution in [0.3, 0.4) is 0 Å². The van der Waals surface area contributed by atoms with Crippen LogP contribution >= 0.6 is 0 Å². The van der Waals surface area contributed by atoms with Crippen LogP contribution in [-0.2, 0) is 14.8 Å². The lowest BCUT2D eigenvalue weighted by atomic mass is 10.1. The van der Waals surface area contributed by atoms with Crippen LogP contribution in [0.25, 0.3) is 0 Å². The van der Waals surface area contributed by atoms with Crippen molar-refractivity contribution in [2.45, 2.75) is 18.9 Å². The fraction of sp³-hybridized carbons (Fsp3) is 0.231. The van der Waals surface area contributed by atoms with E-state index in [1.165, 1.54) is 7.11 Å². The van der Waals surface area contributed by atoms with E-state index in [0.717, 1.165) is 17.3 Å². The number of nitrogens with one attached hydrogen (secondary N) is 2. The van der Waals surface area contributed by atoms with Gasteiger partial charge < -0.3 is 4.74 Å². The van der Waals surface area contributed by atoms with Gasteiger partial charge in [-0.1, -0.05) is 6.07 Å². The third-order valence-electron chi connectivity index (χ3n) is 2.75. The number of aromatic nitrogens is 2. The maximum Gasteiger partial charge on any atom is 0.342 e. The number of sulfonamides is 1. The van der Waals surface area contributed by atoms with Gasteiger partial charge >= 0.3 is 5.97 Å². The normalized spacial score (nSPS) is 11.2. The second-order valence-corrected chi connectivity index (χ2v) is 6.21. The lowest BCUT2D eigenvalue weighted by Crippen LogP contribution is -2.17. The van der Waals surface area contributed by atoms with E-state index in [4.69, 9.17) is 0 Å². The molecule has 1 heterocycles. The SMILES string of the molecule is COC(=O)c1cn[nH]c1S(=O)(=O)Nc1cc(C)cc(C)c1. The third kappa shape index (κ3) is 3.22. The molecule has 0 aliphatic carbocycles. The van der Waals surface area contributed by atoms with Crippen molar-refractivity contribution in [3.05, 3.63) is 41.1 Å². The summed E-state index contributed by atoms with van der Waals surface area (Å²) >= 11 is 0. The van der Waals surface area contributed by atoms with Crippen molar-refractivity contribution in [3.8, 4) is 0 Å². The molecule has 0 bridgehead atoms. The summed E-state index contributed by atoms with van der Waals surface area (Å²) in [5, 5.41) is 5.57. The average Bonchev–Trinajstić information content (AvgIpc) is 2.85. The molecule has 2 rings (SSSR count). The van der Waals surface area contributed by atoms with Gasteiger partial charge in [0.15, 0.2) is 5.03 Å². The van der Waals surface area contributed by atoms with Gasteiger partial charge in [0.05, 0.1) is 13.3 Å². The molecule has 8 heteroatoms. The summed E-state index contributed by atoms with van der Waals surface area (Å²) in [5.41, 5.74) is 2.11. The van der Waals surface area contributed by atoms with Gasteiger partial charge in [-0.25, -0.2) is 4.79 Å². The van der Waals surface area contributed by atoms with Gasteiger partial charge in [0, 0.05) is 5.69 Å². The fourth-order valence-electron chi connectivity index (χ4n) is 1.97. The highest BCUT2D eigenvalue weighted by atomic mass is 32.2. The molecule has 0 saturated heterocycles. The molecule has 7 nitrogen and oxygen atoms in total. The molecule has 21 heavy (non-hydrogen) atoms. The number of hydrogen-bond acceptors (Lipinski definition) is 5. The Hall–Kier alpha value is -2.35. The number of anilines is 1. The first kappa shape index (κ1) is 15.0. The maximum atomic E-state index is 12.3. The lowest BCUT2D eigenvalue weighted by molar-refractivity contribution is 0.0596. The predicted molar refractivity (Wildman–Crippen MR) is 76.7 cm³/mol. The molecular formula is C13H15N3O4S. The predicted octanol–water partition coefficient (Wildman–Crippen LogP) is 1.61. The molecule has 2 N–H and O–H groups in total. The highest BCUT2D eigenvalue weighted by molar-refractivity contribution is 7.92. The highest BCUT2D eigenvalue weighted by Gasteiger charge is 2.25. The summed E-state index contributed by atoms with van der Waals surface area (Å²) in [5.74, 6) is -0.774. The number of carbonyl (C=O) groups excluding carboxylic acids is 1. The smallest absolute Gasteiger partial charge is 0.342 e. The van der Waals surface area contributed by atoms with E-state index in [1.54, 1.807) is 12.1 Å². The molecule has 1 aromatic carbocycles. The van der Waals surface area contributed by atoms with Crippen LogP contribution in [0.5, 0.6) is 0 Å². The first-order chi connectivity index (χ1) is 9.83. The minimum absolute atomic E-state index is 0.144. The van der Waals surface area contributed by atoms with E-state index in [0.29, 0.717) is 5.69 Å². The molecule has 0 aliphatic heterocycles. The van der Waals surface area contributed by atoms with Crippen molar-refractivity contribution >= 4 is 21.7 Å². The van der Waals surface area contributed by atoms with E-state index in [9.17, 15) is 13.2 Å². The van der Waals surface area contributed by atoms with Crippen molar-refractivity contribution < 1.29 is 17.9 Å². The number of methoxy groups -OCH3 is 1. The van der Waals surface area contributed by atoms with Crippen LogP contribution in [-0.4, -0.2) is 31.7 Å². The van der Waals surface area contributed by atoms with Crippen LogP contribution in [0.15, 0.2) is 29.4 Å². The summed E-state index contributed by atoms with van der Waals surface area (Å²) in [4.78, 5) is 11.5. The first-order valence-corrected chi connectivity index (χ1v) is 7.54. The van der Waals surface area contributed by atoms with Gasteiger partial charge in [-0.3, -0.25) is 9.82 Å². The Bertz CT molecular complexity index is 760. The van der Waals surface area contributed by atoms with E-state index in [-0.39, 0.29) is 10.6 Å². The number of nitrogens with zero attached hydrogens (tertiary/aromatic N) is 1. The number of benzene rings is 1. The molecule has 0 aliphatic rings. The zero-order chi connectivity index (χ0) is 15.6. The van der Waals surface area contributed by atoms with Crippen molar-refractivity contribution in [1.29, 1.82) is 0 Å². The Labute approximate surface area is 122 Å². The summed E-state index contributed by atoms with van der Waals surface area (Å²) in [6, 6.07) is 5.31. The molecule has 0 amide bonds. The van der Waals surface area contributed by atoms with Crippen LogP contribution in [0, 0.1) is 13.8 Å². The monoisotopic (exact) mass is 309 g/mol. The van der Waals surface area contributed by atoms with Gasteiger partial charge in [-0.2, -0.15) is 13.5 Å². The zero-order valence-corrected chi connectivity index (χ0v) is 12.6. The number of hydrogen-bond donors (Lipinski definition) is 2. The molecule has 1 aromatic heterocycles. The Morgan fingerprint density at radius 1 is 1.24 bits per heavy atom. The largest absolute Gasteiger partial charge is 0.465 e. The van der Waals surface area contributed by atoms with Crippen molar-refractivity contribution in [2.24, 2.45) is 0 Å². The van der Waals surface area contributed by atoms with E-state index in [2.05, 4.69) is 19.7 Å². The molecule has 0 fully saturated rings. The molecule has 0 saturated carbocycles. The Morgan fingerprint density at radius 3 is 2.43 bits per heavy atom. The number of aromatic amines is 1. The van der Waals surface area contributed by atoms with Gasteiger partial charge in [0.1, 0.15) is 5.56 Å². The number of esters is 1. The van der Waals surface area contributed by atoms with Gasteiger partial charge in [-0.05, 0) is 37.1 Å². The third-order valence-corrected chi connectivity index (χ3v) is 4.11. The molecule has 0 unspecified atom stereocenters. The highest BCUT2D eigenvalue weighted by Crippen LogP contribution is 2.20. The topological polar surface area (TPSA) is 101 Å². The summed E-state index contributed by atoms with van der Waals surface area (Å²) in [6.07, 6.45) is 1.11. The molecule has 0 atom stereocenters.